The summed E-state index contributed by atoms with van der Waals surface area (Å²) in [5, 5.41) is 41.9. The number of phenols is 3. The Kier molecular flexibility index (Phi) is 24.9. The van der Waals surface area contributed by atoms with Gasteiger partial charge in [-0.1, -0.05) is 44.5 Å². The number of carbonyl (C=O) groups is 5. The van der Waals surface area contributed by atoms with Crippen LogP contribution < -0.4 is 5.32 Å². The Hall–Kier alpha value is -6.40. The van der Waals surface area contributed by atoms with Gasteiger partial charge in [-0.25, -0.2) is 17.6 Å². The van der Waals surface area contributed by atoms with Gasteiger partial charge in [-0.2, -0.15) is 29.3 Å². The maximum Gasteiger partial charge on any atom is 0.313 e. The van der Waals surface area contributed by atoms with Crippen LogP contribution in [0, 0.1) is 29.1 Å². The van der Waals surface area contributed by atoms with Gasteiger partial charge in [0.1, 0.15) is 22.5 Å². The Morgan fingerprint density at radius 3 is 1.65 bits per heavy atom. The van der Waals surface area contributed by atoms with Crippen molar-refractivity contribution in [3.8, 4) is 22.9 Å². The van der Waals surface area contributed by atoms with E-state index >= 15 is 0 Å². The number of fused-ring (bicyclic) bond motifs is 1. The van der Waals surface area contributed by atoms with Gasteiger partial charge in [0.25, 0.3) is 0 Å². The molecule has 0 spiro atoms. The number of nitrogens with zero attached hydrogens (tertiary/aromatic N) is 3. The molecule has 1 heterocycles. The van der Waals surface area contributed by atoms with Crippen molar-refractivity contribution in [1.29, 1.82) is 0 Å². The van der Waals surface area contributed by atoms with E-state index in [9.17, 15) is 74.4 Å². The van der Waals surface area contributed by atoms with Crippen LogP contribution in [0.4, 0.5) is 35.1 Å². The Morgan fingerprint density at radius 1 is 0.630 bits per heavy atom. The van der Waals surface area contributed by atoms with Crippen molar-refractivity contribution in [2.24, 2.45) is 29.1 Å². The molecular weight excluding hydrogens is 1100 g/mol. The summed E-state index contributed by atoms with van der Waals surface area (Å²) in [5.74, 6) is -29.8. The maximum atomic E-state index is 14.5. The van der Waals surface area contributed by atoms with Crippen molar-refractivity contribution in [2.45, 2.75) is 135 Å². The number of hydrogen-bond acceptors (Lipinski definition) is 15. The predicted molar refractivity (Wildman–Crippen MR) is 284 cm³/mol. The molecule has 16 nitrogen and oxygen atoms in total. The number of nitrogens with one attached hydrogen (secondary N) is 1. The number of esters is 4. The Balaban J connectivity index is 1.69. The number of aromatic hydroxyl groups is 3. The van der Waals surface area contributed by atoms with Gasteiger partial charge in [-0.05, 0) is 118 Å². The maximum absolute atomic E-state index is 14.5. The van der Waals surface area contributed by atoms with Crippen LogP contribution >= 0.6 is 11.8 Å². The standard InChI is InChI=1S/C56H72F8N4O12S/c1-7-12-37(47(72)65-23-19-35-16-18-45(70)46(71)30-35)31-38(49(74)78-26-21-55(61,62)53(4,57)58)32-39(48(73)77-24-11-28-81-6)33-40(50(75)79-27-22-56(63,64)54(5,59)60)34-52(3,8-2)51(76)80-25-20-36-15-17-44(69)43(29-36)68-66-41-13-9-10-14-42(41)67-68/h9-10,13-18,29-30,37-40,69-71H,7-8,11-12,19-28,31-34H2,1-6H3,(H,65,72). The second kappa shape index (κ2) is 30.1. The molecule has 0 saturated heterocycles. The summed E-state index contributed by atoms with van der Waals surface area (Å²) in [5.41, 5.74) is 0.796. The molecule has 0 fully saturated rings. The summed E-state index contributed by atoms with van der Waals surface area (Å²) >= 11 is 1.41. The van der Waals surface area contributed by atoms with Crippen molar-refractivity contribution in [1.82, 2.24) is 20.3 Å². The number of amides is 1. The molecule has 25 heteroatoms. The van der Waals surface area contributed by atoms with E-state index in [1.807, 2.05) is 0 Å². The van der Waals surface area contributed by atoms with E-state index in [-0.39, 0.29) is 76.5 Å². The van der Waals surface area contributed by atoms with Gasteiger partial charge in [0, 0.05) is 32.7 Å². The number of aromatic nitrogens is 3. The fourth-order valence-corrected chi connectivity index (χ4v) is 9.11. The smallest absolute Gasteiger partial charge is 0.313 e. The Labute approximate surface area is 469 Å². The van der Waals surface area contributed by atoms with E-state index in [0.29, 0.717) is 40.8 Å². The number of benzene rings is 3. The molecule has 4 aromatic rings. The molecule has 1 aromatic heterocycles. The minimum atomic E-state index is -4.64. The summed E-state index contributed by atoms with van der Waals surface area (Å²) in [4.78, 5) is 71.9. The van der Waals surface area contributed by atoms with Crippen LogP contribution in [-0.4, -0.2) is 129 Å². The van der Waals surface area contributed by atoms with Gasteiger partial charge in [-0.3, -0.25) is 24.0 Å². The lowest BCUT2D eigenvalue weighted by atomic mass is 9.74. The molecule has 0 aliphatic heterocycles. The number of phenolic OH excluding ortho intramolecular Hbond substituents is 3. The first-order chi connectivity index (χ1) is 37.9. The van der Waals surface area contributed by atoms with Gasteiger partial charge in [-0.15, -0.1) is 15.0 Å². The van der Waals surface area contributed by atoms with Gasteiger partial charge in [0.15, 0.2) is 11.5 Å². The number of rotatable bonds is 35. The molecule has 5 unspecified atom stereocenters. The quantitative estimate of drug-likeness (QED) is 0.0110. The summed E-state index contributed by atoms with van der Waals surface area (Å²) in [7, 11) is 0. The van der Waals surface area contributed by atoms with Crippen molar-refractivity contribution in [3.05, 3.63) is 71.8 Å². The van der Waals surface area contributed by atoms with Crippen LogP contribution in [0.1, 0.15) is 110 Å². The average Bonchev–Trinajstić information content (AvgIpc) is 3.94. The highest BCUT2D eigenvalue weighted by Crippen LogP contribution is 2.40. The number of alkyl halides is 8. The first kappa shape index (κ1) is 67.1. The highest BCUT2D eigenvalue weighted by atomic mass is 32.2. The fraction of sp³-hybridized carbons (Fsp3) is 0.589. The lowest BCUT2D eigenvalue weighted by Gasteiger charge is -2.32. The third-order valence-corrected chi connectivity index (χ3v) is 14.6. The van der Waals surface area contributed by atoms with Crippen LogP contribution in [0.3, 0.4) is 0 Å². The molecular formula is C56H72F8N4O12S. The minimum absolute atomic E-state index is 0.0173. The highest BCUT2D eigenvalue weighted by molar-refractivity contribution is 7.98. The lowest BCUT2D eigenvalue weighted by molar-refractivity contribution is -0.207. The van der Waals surface area contributed by atoms with Crippen LogP contribution in [0.2, 0.25) is 0 Å². The molecule has 0 bridgehead atoms. The van der Waals surface area contributed by atoms with E-state index in [0.717, 1.165) is 0 Å². The molecule has 4 N–H and O–H groups in total. The zero-order valence-corrected chi connectivity index (χ0v) is 46.9. The van der Waals surface area contributed by atoms with E-state index in [1.165, 1.54) is 47.7 Å². The number of hydrogen-bond donors (Lipinski definition) is 4. The fourth-order valence-electron chi connectivity index (χ4n) is 8.71. The first-order valence-electron chi connectivity index (χ1n) is 26.6. The summed E-state index contributed by atoms with van der Waals surface area (Å²) < 4.78 is 135. The largest absolute Gasteiger partial charge is 0.506 e. The molecule has 3 aromatic carbocycles. The Bertz CT molecular complexity index is 2690. The number of ether oxygens (including phenoxy) is 4. The van der Waals surface area contributed by atoms with Crippen LogP contribution in [0.25, 0.3) is 16.7 Å². The second-order valence-electron chi connectivity index (χ2n) is 20.5. The molecule has 81 heavy (non-hydrogen) atoms. The minimum Gasteiger partial charge on any atom is -0.506 e. The lowest BCUT2D eigenvalue weighted by Crippen LogP contribution is -2.40. The van der Waals surface area contributed by atoms with Crippen molar-refractivity contribution in [3.63, 3.8) is 0 Å². The van der Waals surface area contributed by atoms with Crippen LogP contribution in [0.15, 0.2) is 60.7 Å². The van der Waals surface area contributed by atoms with Crippen molar-refractivity contribution >= 4 is 52.6 Å². The first-order valence-corrected chi connectivity index (χ1v) is 27.9. The molecule has 450 valence electrons. The van der Waals surface area contributed by atoms with Gasteiger partial charge < -0.3 is 39.6 Å². The van der Waals surface area contributed by atoms with E-state index < -0.39 is 140 Å². The SMILES string of the molecule is CCCC(CC(CC(CC(CC(C)(CC)C(=O)OCCc1ccc(O)c(-n2nc3ccccc3n2)c1)C(=O)OCCC(F)(F)C(C)(F)F)C(=O)OCCCSC)C(=O)OCCC(F)(F)C(C)(F)F)C(=O)NCCc1ccc(O)c(O)c1. The number of halogens is 8. The van der Waals surface area contributed by atoms with Crippen LogP contribution in [0.5, 0.6) is 17.2 Å². The average molecular weight is 1180 g/mol. The Morgan fingerprint density at radius 2 is 1.14 bits per heavy atom. The zero-order chi connectivity index (χ0) is 60.3. The molecule has 5 atom stereocenters. The molecule has 0 radical (unpaired) electrons. The van der Waals surface area contributed by atoms with Gasteiger partial charge in [0.05, 0.1) is 62.4 Å². The van der Waals surface area contributed by atoms with E-state index in [2.05, 4.69) is 15.5 Å². The third-order valence-electron chi connectivity index (χ3n) is 13.9. The highest BCUT2D eigenvalue weighted by Gasteiger charge is 2.53. The van der Waals surface area contributed by atoms with Gasteiger partial charge >= 0.3 is 47.6 Å². The third kappa shape index (κ3) is 19.9. The molecule has 0 aliphatic rings. The molecule has 0 saturated carbocycles. The summed E-state index contributed by atoms with van der Waals surface area (Å²) in [6, 6.07) is 15.6. The summed E-state index contributed by atoms with van der Waals surface area (Å²) in [6.45, 7) is 1.69. The van der Waals surface area contributed by atoms with E-state index in [1.54, 1.807) is 56.5 Å². The molecule has 4 rings (SSSR count). The number of thioether (sulfide) groups is 1. The molecule has 1 amide bonds. The summed E-state index contributed by atoms with van der Waals surface area (Å²) in [6.07, 6.45) is -2.85. The topological polar surface area (TPSA) is 226 Å². The predicted octanol–water partition coefficient (Wildman–Crippen LogP) is 11.0. The van der Waals surface area contributed by atoms with Crippen molar-refractivity contribution < 1.29 is 93.4 Å². The molecule has 0 aliphatic carbocycles. The van der Waals surface area contributed by atoms with E-state index in [4.69, 9.17) is 18.9 Å². The van der Waals surface area contributed by atoms with Gasteiger partial charge in [0.2, 0.25) is 5.91 Å². The van der Waals surface area contributed by atoms with Crippen molar-refractivity contribution in [2.75, 3.05) is 45.0 Å². The zero-order valence-electron chi connectivity index (χ0n) is 46.1. The number of carbonyl (C=O) groups excluding carboxylic acids is 5. The monoisotopic (exact) mass is 1180 g/mol. The second-order valence-corrected chi connectivity index (χ2v) is 21.5. The normalized spacial score (nSPS) is 14.5. The van der Waals surface area contributed by atoms with Crippen LogP contribution in [-0.2, 0) is 55.8 Å².